The average molecular weight is 515 g/mol. The number of ketones is 1. The Balaban J connectivity index is 1.19. The third-order valence-electron chi connectivity index (χ3n) is 6.55. The molecule has 0 atom stereocenters. The summed E-state index contributed by atoms with van der Waals surface area (Å²) in [6.45, 7) is 2.79. The number of piperidine rings is 1. The van der Waals surface area contributed by atoms with Crippen LogP contribution in [-0.2, 0) is 11.3 Å². The smallest absolute Gasteiger partial charge is 0.258 e. The Hall–Kier alpha value is -4.10. The summed E-state index contributed by atoms with van der Waals surface area (Å²) in [4.78, 5) is 27.4. The Kier molecular flexibility index (Phi) is 9.54. The van der Waals surface area contributed by atoms with E-state index in [1.807, 2.05) is 12.1 Å². The summed E-state index contributed by atoms with van der Waals surface area (Å²) in [5.74, 6) is 1.50. The number of carbonyl (C=O) groups is 2. The Morgan fingerprint density at radius 3 is 2.32 bits per heavy atom. The number of benzene rings is 3. The van der Waals surface area contributed by atoms with Crippen molar-refractivity contribution in [2.24, 2.45) is 0 Å². The van der Waals surface area contributed by atoms with Gasteiger partial charge in [0, 0.05) is 31.2 Å². The van der Waals surface area contributed by atoms with Gasteiger partial charge in [-0.3, -0.25) is 14.5 Å². The standard InChI is InChI=1S/C31H34N2O5/c1-36-29-15-9-23(20-30(29)37-2)8-14-28(34)25-10-12-27(13-11-25)38-22-31(35)32-26-16-18-33(19-17-26)21-24-6-4-3-5-7-24/h3-15,20,26H,16-19,21-22H2,1-2H3,(H,32,35). The summed E-state index contributed by atoms with van der Waals surface area (Å²) in [6.07, 6.45) is 5.08. The van der Waals surface area contributed by atoms with Crippen molar-refractivity contribution in [1.29, 1.82) is 0 Å². The number of hydrogen-bond acceptors (Lipinski definition) is 6. The summed E-state index contributed by atoms with van der Waals surface area (Å²) < 4.78 is 16.2. The Morgan fingerprint density at radius 2 is 1.63 bits per heavy atom. The zero-order chi connectivity index (χ0) is 26.7. The van der Waals surface area contributed by atoms with Crippen LogP contribution in [0.3, 0.4) is 0 Å². The second-order valence-electron chi connectivity index (χ2n) is 9.23. The second-order valence-corrected chi connectivity index (χ2v) is 9.23. The summed E-state index contributed by atoms with van der Waals surface area (Å²) >= 11 is 0. The summed E-state index contributed by atoms with van der Waals surface area (Å²) in [6, 6.07) is 22.8. The van der Waals surface area contributed by atoms with Gasteiger partial charge in [-0.05, 0) is 66.4 Å². The van der Waals surface area contributed by atoms with Gasteiger partial charge >= 0.3 is 0 Å². The van der Waals surface area contributed by atoms with Gasteiger partial charge in [-0.15, -0.1) is 0 Å². The van der Waals surface area contributed by atoms with E-state index in [0.717, 1.165) is 38.0 Å². The van der Waals surface area contributed by atoms with Gasteiger partial charge in [0.05, 0.1) is 14.2 Å². The zero-order valence-corrected chi connectivity index (χ0v) is 21.9. The number of likely N-dealkylation sites (tertiary alicyclic amines) is 1. The van der Waals surface area contributed by atoms with E-state index in [1.165, 1.54) is 11.6 Å². The first-order valence-electron chi connectivity index (χ1n) is 12.8. The fourth-order valence-electron chi connectivity index (χ4n) is 4.44. The molecule has 0 spiro atoms. The van der Waals surface area contributed by atoms with E-state index in [4.69, 9.17) is 14.2 Å². The van der Waals surface area contributed by atoms with Crippen molar-refractivity contribution in [2.45, 2.75) is 25.4 Å². The number of allylic oxidation sites excluding steroid dienone is 1. The molecule has 3 aromatic carbocycles. The molecule has 1 saturated heterocycles. The van der Waals surface area contributed by atoms with Gasteiger partial charge in [-0.2, -0.15) is 0 Å². The Bertz CT molecular complexity index is 1230. The molecule has 1 aliphatic heterocycles. The topological polar surface area (TPSA) is 77.1 Å². The van der Waals surface area contributed by atoms with E-state index < -0.39 is 0 Å². The minimum atomic E-state index is -0.136. The minimum absolute atomic E-state index is 0.0588. The molecule has 0 saturated carbocycles. The second kappa shape index (κ2) is 13.4. The fourth-order valence-corrected chi connectivity index (χ4v) is 4.44. The van der Waals surface area contributed by atoms with Crippen LogP contribution in [0, 0.1) is 0 Å². The molecule has 7 nitrogen and oxygen atoms in total. The minimum Gasteiger partial charge on any atom is -0.493 e. The Morgan fingerprint density at radius 1 is 0.921 bits per heavy atom. The molecule has 1 N–H and O–H groups in total. The highest BCUT2D eigenvalue weighted by atomic mass is 16.5. The van der Waals surface area contributed by atoms with Crippen LogP contribution in [0.5, 0.6) is 17.2 Å². The van der Waals surface area contributed by atoms with E-state index in [0.29, 0.717) is 22.8 Å². The molecule has 198 valence electrons. The van der Waals surface area contributed by atoms with Crippen LogP contribution in [0.25, 0.3) is 6.08 Å². The first-order valence-corrected chi connectivity index (χ1v) is 12.8. The maximum Gasteiger partial charge on any atom is 0.258 e. The van der Waals surface area contributed by atoms with Gasteiger partial charge in [-0.1, -0.05) is 42.5 Å². The quantitative estimate of drug-likeness (QED) is 0.294. The monoisotopic (exact) mass is 514 g/mol. The predicted molar refractivity (Wildman–Crippen MR) is 148 cm³/mol. The van der Waals surface area contributed by atoms with Crippen LogP contribution in [0.2, 0.25) is 0 Å². The van der Waals surface area contributed by atoms with Gasteiger partial charge in [-0.25, -0.2) is 0 Å². The van der Waals surface area contributed by atoms with E-state index in [-0.39, 0.29) is 24.3 Å². The van der Waals surface area contributed by atoms with Gasteiger partial charge in [0.1, 0.15) is 5.75 Å². The number of hydrogen-bond donors (Lipinski definition) is 1. The van der Waals surface area contributed by atoms with Crippen LogP contribution < -0.4 is 19.5 Å². The van der Waals surface area contributed by atoms with Crippen molar-refractivity contribution in [2.75, 3.05) is 33.9 Å². The van der Waals surface area contributed by atoms with Crippen molar-refractivity contribution in [1.82, 2.24) is 10.2 Å². The van der Waals surface area contributed by atoms with E-state index in [1.54, 1.807) is 56.7 Å². The van der Waals surface area contributed by atoms with Crippen molar-refractivity contribution >= 4 is 17.8 Å². The third kappa shape index (κ3) is 7.70. The molecule has 0 radical (unpaired) electrons. The van der Waals surface area contributed by atoms with E-state index in [9.17, 15) is 9.59 Å². The van der Waals surface area contributed by atoms with Crippen LogP contribution in [-0.4, -0.2) is 56.5 Å². The van der Waals surface area contributed by atoms with Crippen molar-refractivity contribution in [3.05, 3.63) is 95.6 Å². The highest BCUT2D eigenvalue weighted by Gasteiger charge is 2.21. The molecule has 1 aliphatic rings. The number of carbonyl (C=O) groups excluding carboxylic acids is 2. The molecule has 0 aliphatic carbocycles. The van der Waals surface area contributed by atoms with Gasteiger partial charge in [0.2, 0.25) is 0 Å². The maximum absolute atomic E-state index is 12.6. The lowest BCUT2D eigenvalue weighted by Crippen LogP contribution is -2.45. The lowest BCUT2D eigenvalue weighted by atomic mass is 10.0. The zero-order valence-electron chi connectivity index (χ0n) is 21.9. The first kappa shape index (κ1) is 26.9. The number of rotatable bonds is 11. The maximum atomic E-state index is 12.6. The lowest BCUT2D eigenvalue weighted by molar-refractivity contribution is -0.124. The summed E-state index contributed by atoms with van der Waals surface area (Å²) in [5, 5.41) is 3.08. The lowest BCUT2D eigenvalue weighted by Gasteiger charge is -2.32. The molecule has 38 heavy (non-hydrogen) atoms. The van der Waals surface area contributed by atoms with Gasteiger partial charge < -0.3 is 19.5 Å². The molecule has 1 heterocycles. The summed E-state index contributed by atoms with van der Waals surface area (Å²) in [5.41, 5.74) is 2.66. The molecule has 4 rings (SSSR count). The first-order chi connectivity index (χ1) is 18.5. The van der Waals surface area contributed by atoms with Crippen LogP contribution in [0.15, 0.2) is 78.9 Å². The molecule has 0 aromatic heterocycles. The number of nitrogens with one attached hydrogen (secondary N) is 1. The molecule has 1 fully saturated rings. The number of methoxy groups -OCH3 is 2. The van der Waals surface area contributed by atoms with Crippen molar-refractivity contribution < 1.29 is 23.8 Å². The number of ether oxygens (including phenoxy) is 3. The average Bonchev–Trinajstić information content (AvgIpc) is 2.96. The largest absolute Gasteiger partial charge is 0.493 e. The third-order valence-corrected chi connectivity index (χ3v) is 6.55. The normalized spacial score (nSPS) is 14.3. The molecule has 0 bridgehead atoms. The predicted octanol–water partition coefficient (Wildman–Crippen LogP) is 4.76. The SMILES string of the molecule is COc1ccc(C=CC(=O)c2ccc(OCC(=O)NC3CCN(Cc4ccccc4)CC3)cc2)cc1OC. The number of amides is 1. The highest BCUT2D eigenvalue weighted by molar-refractivity contribution is 6.06. The van der Waals surface area contributed by atoms with Crippen LogP contribution >= 0.6 is 0 Å². The fraction of sp³-hybridized carbons (Fsp3) is 0.290. The van der Waals surface area contributed by atoms with E-state index >= 15 is 0 Å². The van der Waals surface area contributed by atoms with Crippen molar-refractivity contribution in [3.63, 3.8) is 0 Å². The van der Waals surface area contributed by atoms with Crippen LogP contribution in [0.4, 0.5) is 0 Å². The molecule has 7 heteroatoms. The summed E-state index contributed by atoms with van der Waals surface area (Å²) in [7, 11) is 3.15. The number of nitrogens with zero attached hydrogens (tertiary/aromatic N) is 1. The molecule has 3 aromatic rings. The van der Waals surface area contributed by atoms with Gasteiger partial charge in [0.15, 0.2) is 23.9 Å². The molecular weight excluding hydrogens is 480 g/mol. The van der Waals surface area contributed by atoms with E-state index in [2.05, 4.69) is 34.5 Å². The van der Waals surface area contributed by atoms with Gasteiger partial charge in [0.25, 0.3) is 5.91 Å². The molecular formula is C31H34N2O5. The molecule has 1 amide bonds. The van der Waals surface area contributed by atoms with Crippen LogP contribution in [0.1, 0.15) is 34.3 Å². The Labute approximate surface area is 224 Å². The highest BCUT2D eigenvalue weighted by Crippen LogP contribution is 2.28. The van der Waals surface area contributed by atoms with Crippen molar-refractivity contribution in [3.8, 4) is 17.2 Å². The molecule has 0 unspecified atom stereocenters.